The van der Waals surface area contributed by atoms with E-state index in [-0.39, 0.29) is 11.8 Å². The van der Waals surface area contributed by atoms with Crippen molar-refractivity contribution >= 4 is 11.7 Å². The zero-order valence-corrected chi connectivity index (χ0v) is 12.3. The molecule has 2 aromatic rings. The number of halogens is 1. The molecule has 2 rings (SSSR count). The molecule has 0 aliphatic rings. The largest absolute Gasteiger partial charge is 0.388 e. The molecule has 0 heterocycles. The molecular weight excluding hydrogens is 283 g/mol. The van der Waals surface area contributed by atoms with Crippen LogP contribution in [0.4, 0.5) is 14.9 Å². The molecule has 0 spiro atoms. The lowest BCUT2D eigenvalue weighted by molar-refractivity contribution is 0.167. The van der Waals surface area contributed by atoms with Gasteiger partial charge in [-0.1, -0.05) is 30.3 Å². The lowest BCUT2D eigenvalue weighted by Crippen LogP contribution is -2.30. The molecule has 0 aliphatic heterocycles. The fourth-order valence-electron chi connectivity index (χ4n) is 2.06. The molecule has 2 amide bonds. The van der Waals surface area contributed by atoms with Crippen molar-refractivity contribution < 1.29 is 14.3 Å². The highest BCUT2D eigenvalue weighted by molar-refractivity contribution is 5.89. The van der Waals surface area contributed by atoms with E-state index in [1.807, 2.05) is 30.3 Å². The average molecular weight is 302 g/mol. The van der Waals surface area contributed by atoms with E-state index < -0.39 is 6.10 Å². The van der Waals surface area contributed by atoms with E-state index in [1.165, 1.54) is 12.1 Å². The molecule has 3 N–H and O–H groups in total. The Morgan fingerprint density at radius 2 is 1.95 bits per heavy atom. The van der Waals surface area contributed by atoms with Gasteiger partial charge in [0, 0.05) is 12.2 Å². The third-order valence-electron chi connectivity index (χ3n) is 3.30. The van der Waals surface area contributed by atoms with Crippen LogP contribution in [0.5, 0.6) is 0 Å². The summed E-state index contributed by atoms with van der Waals surface area (Å²) in [5.41, 5.74) is 1.82. The van der Waals surface area contributed by atoms with Crippen molar-refractivity contribution in [2.75, 3.05) is 11.9 Å². The van der Waals surface area contributed by atoms with Crippen molar-refractivity contribution in [3.05, 3.63) is 65.5 Å². The number of carbonyl (C=O) groups is 1. The first-order valence-corrected chi connectivity index (χ1v) is 7.10. The van der Waals surface area contributed by atoms with Crippen LogP contribution in [0.2, 0.25) is 0 Å². The van der Waals surface area contributed by atoms with E-state index >= 15 is 0 Å². The minimum absolute atomic E-state index is 0.308. The summed E-state index contributed by atoms with van der Waals surface area (Å²) >= 11 is 0. The topological polar surface area (TPSA) is 61.4 Å². The van der Waals surface area contributed by atoms with E-state index in [4.69, 9.17) is 0 Å². The average Bonchev–Trinajstić information content (AvgIpc) is 2.51. The Hall–Kier alpha value is -2.40. The standard InChI is InChI=1S/C17H19FN2O2/c1-12-11-14(7-8-15(12)18)20-17(22)19-10-9-16(21)13-5-3-2-4-6-13/h2-8,11,16,21H,9-10H2,1H3,(H2,19,20,22). The van der Waals surface area contributed by atoms with Crippen LogP contribution in [0.3, 0.4) is 0 Å². The number of nitrogens with one attached hydrogen (secondary N) is 2. The zero-order chi connectivity index (χ0) is 15.9. The molecule has 1 unspecified atom stereocenters. The van der Waals surface area contributed by atoms with Crippen molar-refractivity contribution in [1.29, 1.82) is 0 Å². The summed E-state index contributed by atoms with van der Waals surface area (Å²) in [5, 5.41) is 15.3. The van der Waals surface area contributed by atoms with Crippen LogP contribution in [0.1, 0.15) is 23.7 Å². The number of rotatable bonds is 5. The molecule has 116 valence electrons. The maximum Gasteiger partial charge on any atom is 0.319 e. The van der Waals surface area contributed by atoms with Gasteiger partial charge in [0.2, 0.25) is 0 Å². The summed E-state index contributed by atoms with van der Waals surface area (Å²) in [4.78, 5) is 11.7. The summed E-state index contributed by atoms with van der Waals surface area (Å²) < 4.78 is 13.1. The quantitative estimate of drug-likeness (QED) is 0.793. The van der Waals surface area contributed by atoms with Gasteiger partial charge in [-0.3, -0.25) is 0 Å². The fraction of sp³-hybridized carbons (Fsp3) is 0.235. The van der Waals surface area contributed by atoms with E-state index in [0.29, 0.717) is 24.2 Å². The van der Waals surface area contributed by atoms with Crippen molar-refractivity contribution in [2.24, 2.45) is 0 Å². The number of benzene rings is 2. The van der Waals surface area contributed by atoms with Crippen molar-refractivity contribution in [3.8, 4) is 0 Å². The lowest BCUT2D eigenvalue weighted by atomic mass is 10.1. The number of hydrogen-bond donors (Lipinski definition) is 3. The van der Waals surface area contributed by atoms with Crippen LogP contribution < -0.4 is 10.6 Å². The first-order valence-electron chi connectivity index (χ1n) is 7.10. The molecule has 0 fully saturated rings. The number of aliphatic hydroxyl groups is 1. The highest BCUT2D eigenvalue weighted by Crippen LogP contribution is 2.15. The van der Waals surface area contributed by atoms with Gasteiger partial charge in [-0.2, -0.15) is 0 Å². The number of aliphatic hydroxyl groups excluding tert-OH is 1. The summed E-state index contributed by atoms with van der Waals surface area (Å²) in [7, 11) is 0. The summed E-state index contributed by atoms with van der Waals surface area (Å²) in [6.07, 6.45) is -0.200. The maximum atomic E-state index is 13.1. The van der Waals surface area contributed by atoms with Crippen molar-refractivity contribution in [2.45, 2.75) is 19.4 Å². The van der Waals surface area contributed by atoms with Crippen LogP contribution >= 0.6 is 0 Å². The second-order valence-corrected chi connectivity index (χ2v) is 5.06. The molecule has 0 radical (unpaired) electrons. The van der Waals surface area contributed by atoms with Gasteiger partial charge in [0.25, 0.3) is 0 Å². The summed E-state index contributed by atoms with van der Waals surface area (Å²) in [6.45, 7) is 1.97. The molecular formula is C17H19FN2O2. The van der Waals surface area contributed by atoms with Gasteiger partial charge in [0.15, 0.2) is 0 Å². The summed E-state index contributed by atoms with van der Waals surface area (Å²) in [6, 6.07) is 13.3. The predicted octanol–water partition coefficient (Wildman–Crippen LogP) is 3.38. The fourth-order valence-corrected chi connectivity index (χ4v) is 2.06. The highest BCUT2D eigenvalue weighted by Gasteiger charge is 2.08. The number of carbonyl (C=O) groups excluding carboxylic acids is 1. The van der Waals surface area contributed by atoms with Crippen LogP contribution in [0.15, 0.2) is 48.5 Å². The number of anilines is 1. The Kier molecular flexibility index (Phi) is 5.49. The second kappa shape index (κ2) is 7.56. The Morgan fingerprint density at radius 3 is 2.64 bits per heavy atom. The van der Waals surface area contributed by atoms with Gasteiger partial charge in [0.05, 0.1) is 6.10 Å². The van der Waals surface area contributed by atoms with Gasteiger partial charge >= 0.3 is 6.03 Å². The molecule has 4 nitrogen and oxygen atoms in total. The number of hydrogen-bond acceptors (Lipinski definition) is 2. The van der Waals surface area contributed by atoms with Crippen molar-refractivity contribution in [3.63, 3.8) is 0 Å². The molecule has 22 heavy (non-hydrogen) atoms. The van der Waals surface area contributed by atoms with Crippen LogP contribution in [0.25, 0.3) is 0 Å². The predicted molar refractivity (Wildman–Crippen MR) is 84.2 cm³/mol. The smallest absolute Gasteiger partial charge is 0.319 e. The van der Waals surface area contributed by atoms with Gasteiger partial charge < -0.3 is 15.7 Å². The molecule has 2 aromatic carbocycles. The van der Waals surface area contributed by atoms with E-state index in [9.17, 15) is 14.3 Å². The first-order chi connectivity index (χ1) is 10.6. The number of aryl methyl sites for hydroxylation is 1. The van der Waals surface area contributed by atoms with Gasteiger partial charge in [0.1, 0.15) is 5.82 Å². The molecule has 0 saturated heterocycles. The highest BCUT2D eigenvalue weighted by atomic mass is 19.1. The number of amides is 2. The third-order valence-corrected chi connectivity index (χ3v) is 3.30. The maximum absolute atomic E-state index is 13.1. The van der Waals surface area contributed by atoms with Crippen LogP contribution in [-0.4, -0.2) is 17.7 Å². The third kappa shape index (κ3) is 4.56. The SMILES string of the molecule is Cc1cc(NC(=O)NCCC(O)c2ccccc2)ccc1F. The monoisotopic (exact) mass is 302 g/mol. The molecule has 0 aliphatic carbocycles. The lowest BCUT2D eigenvalue weighted by Gasteiger charge is -2.12. The van der Waals surface area contributed by atoms with Crippen LogP contribution in [-0.2, 0) is 0 Å². The van der Waals surface area contributed by atoms with E-state index in [1.54, 1.807) is 13.0 Å². The van der Waals surface area contributed by atoms with Gasteiger partial charge in [-0.15, -0.1) is 0 Å². The van der Waals surface area contributed by atoms with E-state index in [2.05, 4.69) is 10.6 Å². The molecule has 1 atom stereocenters. The molecule has 5 heteroatoms. The molecule has 0 aromatic heterocycles. The minimum Gasteiger partial charge on any atom is -0.388 e. The van der Waals surface area contributed by atoms with Gasteiger partial charge in [-0.25, -0.2) is 9.18 Å². The zero-order valence-electron chi connectivity index (χ0n) is 12.3. The Labute approximate surface area is 129 Å². The minimum atomic E-state index is -0.616. The Balaban J connectivity index is 1.77. The Morgan fingerprint density at radius 1 is 1.23 bits per heavy atom. The van der Waals surface area contributed by atoms with E-state index in [0.717, 1.165) is 5.56 Å². The summed E-state index contributed by atoms with van der Waals surface area (Å²) in [5.74, 6) is -0.308. The number of urea groups is 1. The van der Waals surface area contributed by atoms with Crippen molar-refractivity contribution in [1.82, 2.24) is 5.32 Å². The second-order valence-electron chi connectivity index (χ2n) is 5.06. The van der Waals surface area contributed by atoms with Gasteiger partial charge in [-0.05, 0) is 42.7 Å². The first kappa shape index (κ1) is 16.0. The normalized spacial score (nSPS) is 11.8. The van der Waals surface area contributed by atoms with Crippen LogP contribution in [0, 0.1) is 12.7 Å². The Bertz CT molecular complexity index is 632. The molecule has 0 bridgehead atoms. The molecule has 0 saturated carbocycles.